The SMILES string of the molecule is CC1(C)CN(C(=NCCCN2CCOCC2)NCCc2ccco2)CCS1(=O)=O.I. The Kier molecular flexibility index (Phi) is 9.89. The average Bonchev–Trinajstić information content (AvgIpc) is 3.20. The Bertz CT molecular complexity index is 762. The van der Waals surface area contributed by atoms with E-state index in [2.05, 4.69) is 15.1 Å². The number of aliphatic imine (C=N–C) groups is 1. The standard InChI is InChI=1S/C20H34N4O4S.HI/c1-20(2)17-24(12-16-29(20,25)26)19(22-8-6-18-5-3-13-28-18)21-7-4-9-23-10-14-27-15-11-23;/h3,5,13H,4,6-12,14-17H2,1-2H3,(H,21,22);1H. The van der Waals surface area contributed by atoms with E-state index >= 15 is 0 Å². The first kappa shape index (κ1) is 25.4. The molecule has 0 atom stereocenters. The summed E-state index contributed by atoms with van der Waals surface area (Å²) in [5.74, 6) is 1.87. The van der Waals surface area contributed by atoms with Gasteiger partial charge in [-0.25, -0.2) is 8.42 Å². The third-order valence-electron chi connectivity index (χ3n) is 5.58. The fourth-order valence-corrected chi connectivity index (χ4v) is 5.01. The molecule has 0 radical (unpaired) electrons. The van der Waals surface area contributed by atoms with Gasteiger partial charge in [-0.15, -0.1) is 24.0 Å². The number of sulfone groups is 1. The summed E-state index contributed by atoms with van der Waals surface area (Å²) in [7, 11) is -3.08. The van der Waals surface area contributed by atoms with Crippen LogP contribution in [0.1, 0.15) is 26.0 Å². The first-order valence-corrected chi connectivity index (χ1v) is 12.1. The second-order valence-electron chi connectivity index (χ2n) is 8.27. The van der Waals surface area contributed by atoms with E-state index in [0.29, 0.717) is 26.2 Å². The van der Waals surface area contributed by atoms with Gasteiger partial charge in [0.05, 0.1) is 30.0 Å². The van der Waals surface area contributed by atoms with Crippen LogP contribution in [0, 0.1) is 0 Å². The zero-order chi connectivity index (χ0) is 20.7. The average molecular weight is 554 g/mol. The molecule has 2 saturated heterocycles. The molecule has 30 heavy (non-hydrogen) atoms. The molecule has 1 aromatic rings. The number of hydrogen-bond acceptors (Lipinski definition) is 6. The summed E-state index contributed by atoms with van der Waals surface area (Å²) in [5, 5.41) is 3.42. The minimum atomic E-state index is -3.08. The third kappa shape index (κ3) is 7.10. The fourth-order valence-electron chi connectivity index (χ4n) is 3.65. The van der Waals surface area contributed by atoms with Gasteiger partial charge in [-0.2, -0.15) is 0 Å². The number of morpholine rings is 1. The molecule has 1 N–H and O–H groups in total. The molecule has 0 bridgehead atoms. The molecule has 172 valence electrons. The zero-order valence-corrected chi connectivity index (χ0v) is 21.2. The molecule has 0 amide bonds. The van der Waals surface area contributed by atoms with E-state index in [-0.39, 0.29) is 29.7 Å². The van der Waals surface area contributed by atoms with Crippen molar-refractivity contribution in [3.63, 3.8) is 0 Å². The maximum Gasteiger partial charge on any atom is 0.194 e. The van der Waals surface area contributed by atoms with Gasteiger partial charge in [-0.1, -0.05) is 0 Å². The van der Waals surface area contributed by atoms with Gasteiger partial charge in [0.25, 0.3) is 0 Å². The second-order valence-corrected chi connectivity index (χ2v) is 11.0. The van der Waals surface area contributed by atoms with Gasteiger partial charge in [-0.05, 0) is 32.4 Å². The van der Waals surface area contributed by atoms with Crippen LogP contribution in [0.15, 0.2) is 27.8 Å². The van der Waals surface area contributed by atoms with Crippen molar-refractivity contribution in [1.82, 2.24) is 15.1 Å². The van der Waals surface area contributed by atoms with Gasteiger partial charge in [0, 0.05) is 52.2 Å². The predicted octanol–water partition coefficient (Wildman–Crippen LogP) is 1.62. The Morgan fingerprint density at radius 2 is 2.03 bits per heavy atom. The van der Waals surface area contributed by atoms with Crippen LogP contribution in [0.2, 0.25) is 0 Å². The van der Waals surface area contributed by atoms with Gasteiger partial charge >= 0.3 is 0 Å². The van der Waals surface area contributed by atoms with Crippen LogP contribution in [0.4, 0.5) is 0 Å². The fraction of sp³-hybridized carbons (Fsp3) is 0.750. The van der Waals surface area contributed by atoms with Crippen LogP contribution in [0.25, 0.3) is 0 Å². The lowest BCUT2D eigenvalue weighted by Crippen LogP contribution is -2.57. The summed E-state index contributed by atoms with van der Waals surface area (Å²) in [5.41, 5.74) is 0. The van der Waals surface area contributed by atoms with Gasteiger partial charge in [0.1, 0.15) is 5.76 Å². The molecule has 3 heterocycles. The molecule has 8 nitrogen and oxygen atoms in total. The van der Waals surface area contributed by atoms with Crippen molar-refractivity contribution in [2.75, 3.05) is 64.8 Å². The van der Waals surface area contributed by atoms with E-state index in [0.717, 1.165) is 57.4 Å². The van der Waals surface area contributed by atoms with E-state index in [1.807, 2.05) is 12.1 Å². The van der Waals surface area contributed by atoms with Crippen molar-refractivity contribution in [2.45, 2.75) is 31.4 Å². The molecule has 2 aliphatic heterocycles. The van der Waals surface area contributed by atoms with Gasteiger partial charge in [-0.3, -0.25) is 9.89 Å². The van der Waals surface area contributed by atoms with Crippen LogP contribution in [0.3, 0.4) is 0 Å². The number of halogens is 1. The van der Waals surface area contributed by atoms with E-state index in [9.17, 15) is 8.42 Å². The highest BCUT2D eigenvalue weighted by atomic mass is 127. The van der Waals surface area contributed by atoms with Crippen molar-refractivity contribution in [1.29, 1.82) is 0 Å². The van der Waals surface area contributed by atoms with Crippen LogP contribution >= 0.6 is 24.0 Å². The maximum absolute atomic E-state index is 12.4. The number of nitrogens with zero attached hydrogens (tertiary/aromatic N) is 3. The van der Waals surface area contributed by atoms with Gasteiger partial charge in [0.2, 0.25) is 0 Å². The zero-order valence-electron chi connectivity index (χ0n) is 18.0. The van der Waals surface area contributed by atoms with E-state index in [4.69, 9.17) is 14.1 Å². The van der Waals surface area contributed by atoms with Crippen molar-refractivity contribution >= 4 is 39.8 Å². The number of rotatable bonds is 7. The van der Waals surface area contributed by atoms with E-state index < -0.39 is 14.6 Å². The van der Waals surface area contributed by atoms with Crippen LogP contribution < -0.4 is 5.32 Å². The molecule has 0 saturated carbocycles. The highest BCUT2D eigenvalue weighted by molar-refractivity contribution is 14.0. The summed E-state index contributed by atoms with van der Waals surface area (Å²) in [6.45, 7) is 10.5. The quantitative estimate of drug-likeness (QED) is 0.237. The maximum atomic E-state index is 12.4. The number of guanidine groups is 1. The Morgan fingerprint density at radius 3 is 2.70 bits per heavy atom. The minimum Gasteiger partial charge on any atom is -0.469 e. The summed E-state index contributed by atoms with van der Waals surface area (Å²) in [4.78, 5) is 9.30. The van der Waals surface area contributed by atoms with Crippen LogP contribution in [0.5, 0.6) is 0 Å². The lowest BCUT2D eigenvalue weighted by Gasteiger charge is -2.39. The Labute approximate surface area is 197 Å². The first-order chi connectivity index (χ1) is 13.9. The summed E-state index contributed by atoms with van der Waals surface area (Å²) < 4.78 is 34.7. The third-order valence-corrected chi connectivity index (χ3v) is 8.11. The van der Waals surface area contributed by atoms with E-state index in [1.165, 1.54) is 0 Å². The van der Waals surface area contributed by atoms with Gasteiger partial charge < -0.3 is 19.4 Å². The number of hydrogen-bond donors (Lipinski definition) is 1. The molecule has 0 aliphatic carbocycles. The van der Waals surface area contributed by atoms with Crippen molar-refractivity contribution in [3.8, 4) is 0 Å². The Morgan fingerprint density at radius 1 is 1.27 bits per heavy atom. The lowest BCUT2D eigenvalue weighted by molar-refractivity contribution is 0.0377. The lowest BCUT2D eigenvalue weighted by atomic mass is 10.2. The van der Waals surface area contributed by atoms with Crippen LogP contribution in [-0.2, 0) is 21.0 Å². The summed E-state index contributed by atoms with van der Waals surface area (Å²) in [6, 6.07) is 3.84. The molecule has 2 fully saturated rings. The summed E-state index contributed by atoms with van der Waals surface area (Å²) in [6.07, 6.45) is 3.40. The molecule has 3 rings (SSSR count). The number of nitrogens with one attached hydrogen (secondary N) is 1. The molecular formula is C20H35IN4O4S. The smallest absolute Gasteiger partial charge is 0.194 e. The topological polar surface area (TPSA) is 87.4 Å². The monoisotopic (exact) mass is 554 g/mol. The summed E-state index contributed by atoms with van der Waals surface area (Å²) >= 11 is 0. The minimum absolute atomic E-state index is 0. The van der Waals surface area contributed by atoms with Gasteiger partial charge in [0.15, 0.2) is 15.8 Å². The highest BCUT2D eigenvalue weighted by Gasteiger charge is 2.41. The Balaban J connectivity index is 0.00000320. The normalized spacial score (nSPS) is 21.8. The molecule has 2 aliphatic rings. The first-order valence-electron chi connectivity index (χ1n) is 10.5. The highest BCUT2D eigenvalue weighted by Crippen LogP contribution is 2.23. The van der Waals surface area contributed by atoms with Crippen LogP contribution in [-0.4, -0.2) is 93.7 Å². The molecule has 1 aromatic heterocycles. The number of ether oxygens (including phenoxy) is 1. The molecular weight excluding hydrogens is 519 g/mol. The number of furan rings is 1. The van der Waals surface area contributed by atoms with Crippen molar-refractivity contribution in [2.24, 2.45) is 4.99 Å². The predicted molar refractivity (Wildman–Crippen MR) is 129 cm³/mol. The van der Waals surface area contributed by atoms with E-state index in [1.54, 1.807) is 20.1 Å². The molecule has 0 aromatic carbocycles. The van der Waals surface area contributed by atoms with Crippen molar-refractivity contribution in [3.05, 3.63) is 24.2 Å². The second kappa shape index (κ2) is 11.7. The Hall–Kier alpha value is -0.850. The molecule has 0 unspecified atom stereocenters. The van der Waals surface area contributed by atoms with Crippen molar-refractivity contribution < 1.29 is 17.6 Å². The largest absolute Gasteiger partial charge is 0.469 e. The molecule has 10 heteroatoms. The molecule has 0 spiro atoms.